The van der Waals surface area contributed by atoms with E-state index >= 15 is 0 Å². The van der Waals surface area contributed by atoms with Crippen molar-refractivity contribution in [1.82, 2.24) is 9.78 Å². The molecule has 0 spiro atoms. The monoisotopic (exact) mass is 369 g/mol. The first-order valence-corrected chi connectivity index (χ1v) is 7.30. The Kier molecular flexibility index (Phi) is 5.26. The Morgan fingerprint density at radius 1 is 1.43 bits per heavy atom. The zero-order chi connectivity index (χ0) is 15.5. The van der Waals surface area contributed by atoms with Gasteiger partial charge < -0.3 is 10.1 Å². The lowest BCUT2D eigenvalue weighted by Gasteiger charge is -2.22. The van der Waals surface area contributed by atoms with Crippen molar-refractivity contribution in [2.24, 2.45) is 5.92 Å². The van der Waals surface area contributed by atoms with Crippen LogP contribution in [0.1, 0.15) is 12.8 Å². The molecule has 1 N–H and O–H groups in total. The number of alkyl halides is 3. The van der Waals surface area contributed by atoms with E-state index in [9.17, 15) is 18.0 Å². The highest BCUT2D eigenvalue weighted by atomic mass is 79.9. The molecule has 1 aliphatic rings. The van der Waals surface area contributed by atoms with E-state index in [4.69, 9.17) is 4.74 Å². The molecule has 0 radical (unpaired) electrons. The lowest BCUT2D eigenvalue weighted by molar-refractivity contribution is -0.143. The molecule has 0 atom stereocenters. The molecule has 1 fully saturated rings. The normalized spacial score (nSPS) is 17.0. The molecule has 1 aromatic rings. The number of anilines is 1. The molecule has 1 saturated heterocycles. The molecule has 9 heteroatoms. The third-order valence-electron chi connectivity index (χ3n) is 3.24. The summed E-state index contributed by atoms with van der Waals surface area (Å²) < 4.78 is 42.6. The molecule has 1 aromatic heterocycles. The van der Waals surface area contributed by atoms with Gasteiger partial charge in [-0.15, -0.1) is 0 Å². The summed E-state index contributed by atoms with van der Waals surface area (Å²) in [6, 6.07) is 0. The van der Waals surface area contributed by atoms with Gasteiger partial charge in [0.25, 0.3) is 5.56 Å². The van der Waals surface area contributed by atoms with Crippen molar-refractivity contribution in [1.29, 1.82) is 0 Å². The molecule has 0 amide bonds. The second kappa shape index (κ2) is 6.78. The molecule has 118 valence electrons. The Bertz CT molecular complexity index is 542. The molecule has 21 heavy (non-hydrogen) atoms. The Morgan fingerprint density at radius 2 is 2.10 bits per heavy atom. The Morgan fingerprint density at radius 3 is 2.71 bits per heavy atom. The second-order valence-electron chi connectivity index (χ2n) is 4.89. The maximum atomic E-state index is 12.3. The van der Waals surface area contributed by atoms with Crippen LogP contribution in [0.3, 0.4) is 0 Å². The third kappa shape index (κ3) is 4.70. The molecule has 0 saturated carbocycles. The van der Waals surface area contributed by atoms with Crippen LogP contribution in [0.5, 0.6) is 0 Å². The second-order valence-corrected chi connectivity index (χ2v) is 5.68. The van der Waals surface area contributed by atoms with E-state index in [0.29, 0.717) is 36.0 Å². The van der Waals surface area contributed by atoms with Crippen LogP contribution in [-0.4, -0.2) is 35.7 Å². The van der Waals surface area contributed by atoms with Crippen molar-refractivity contribution in [3.8, 4) is 0 Å². The summed E-state index contributed by atoms with van der Waals surface area (Å²) >= 11 is 3.04. The van der Waals surface area contributed by atoms with E-state index in [2.05, 4.69) is 26.3 Å². The van der Waals surface area contributed by atoms with Crippen molar-refractivity contribution in [3.63, 3.8) is 0 Å². The molecule has 0 aliphatic carbocycles. The number of rotatable bonds is 4. The van der Waals surface area contributed by atoms with Crippen molar-refractivity contribution in [2.75, 3.05) is 25.1 Å². The van der Waals surface area contributed by atoms with Crippen LogP contribution in [0, 0.1) is 5.92 Å². The van der Waals surface area contributed by atoms with Crippen LogP contribution in [0.25, 0.3) is 0 Å². The predicted octanol–water partition coefficient (Wildman–Crippen LogP) is 2.41. The summed E-state index contributed by atoms with van der Waals surface area (Å²) in [7, 11) is 0. The minimum Gasteiger partial charge on any atom is -0.382 e. The smallest absolute Gasteiger partial charge is 0.382 e. The number of nitrogens with zero attached hydrogens (tertiary/aromatic N) is 2. The van der Waals surface area contributed by atoms with Crippen molar-refractivity contribution in [3.05, 3.63) is 21.0 Å². The van der Waals surface area contributed by atoms with E-state index in [1.165, 1.54) is 6.20 Å². The standard InChI is InChI=1S/C12H15BrF3N3O2/c13-10-9(17-5-8-1-3-21-4-2-8)6-18-19(11(10)20)7-12(14,15)16/h6,8,17H,1-5,7H2. The van der Waals surface area contributed by atoms with Gasteiger partial charge in [0.15, 0.2) is 0 Å². The van der Waals surface area contributed by atoms with E-state index in [-0.39, 0.29) is 4.47 Å². The first-order valence-electron chi connectivity index (χ1n) is 6.51. The number of hydrogen-bond donors (Lipinski definition) is 1. The van der Waals surface area contributed by atoms with Crippen LogP contribution in [0.2, 0.25) is 0 Å². The molecule has 0 unspecified atom stereocenters. The number of halogens is 4. The average molecular weight is 370 g/mol. The van der Waals surface area contributed by atoms with Gasteiger partial charge in [-0.1, -0.05) is 0 Å². The molecule has 1 aliphatic heterocycles. The largest absolute Gasteiger partial charge is 0.408 e. The zero-order valence-electron chi connectivity index (χ0n) is 11.1. The lowest BCUT2D eigenvalue weighted by Crippen LogP contribution is -2.31. The quantitative estimate of drug-likeness (QED) is 0.885. The molecular formula is C12H15BrF3N3O2. The molecule has 2 rings (SSSR count). The van der Waals surface area contributed by atoms with Crippen molar-refractivity contribution in [2.45, 2.75) is 25.6 Å². The third-order valence-corrected chi connectivity index (χ3v) is 4.00. The van der Waals surface area contributed by atoms with Gasteiger partial charge in [0.2, 0.25) is 0 Å². The number of nitrogens with one attached hydrogen (secondary N) is 1. The van der Waals surface area contributed by atoms with Gasteiger partial charge in [0, 0.05) is 19.8 Å². The molecule has 5 nitrogen and oxygen atoms in total. The lowest BCUT2D eigenvalue weighted by atomic mass is 10.0. The van der Waals surface area contributed by atoms with Crippen molar-refractivity contribution >= 4 is 21.6 Å². The fourth-order valence-corrected chi connectivity index (χ4v) is 2.52. The minimum atomic E-state index is -4.48. The van der Waals surface area contributed by atoms with Crippen LogP contribution >= 0.6 is 15.9 Å². The number of ether oxygens (including phenoxy) is 1. The minimum absolute atomic E-state index is 0.0637. The Hall–Kier alpha value is -1.09. The zero-order valence-corrected chi connectivity index (χ0v) is 12.7. The first kappa shape index (κ1) is 16.3. The summed E-state index contributed by atoms with van der Waals surface area (Å²) in [5, 5.41) is 6.61. The maximum absolute atomic E-state index is 12.3. The summed E-state index contributed by atoms with van der Waals surface area (Å²) in [5.74, 6) is 0.420. The van der Waals surface area contributed by atoms with Crippen molar-refractivity contribution < 1.29 is 17.9 Å². The van der Waals surface area contributed by atoms with Gasteiger partial charge in [0.05, 0.1) is 11.9 Å². The molecule has 0 bridgehead atoms. The summed E-state index contributed by atoms with van der Waals surface area (Å²) in [4.78, 5) is 11.8. The maximum Gasteiger partial charge on any atom is 0.408 e. The van der Waals surface area contributed by atoms with E-state index in [0.717, 1.165) is 12.8 Å². The van der Waals surface area contributed by atoms with Gasteiger partial charge in [-0.3, -0.25) is 4.79 Å². The molecule has 0 aromatic carbocycles. The van der Waals surface area contributed by atoms with Gasteiger partial charge >= 0.3 is 6.18 Å². The fraction of sp³-hybridized carbons (Fsp3) is 0.667. The van der Waals surface area contributed by atoms with Gasteiger partial charge in [-0.25, -0.2) is 4.68 Å². The topological polar surface area (TPSA) is 56.1 Å². The number of aromatic nitrogens is 2. The Balaban J connectivity index is 2.04. The Labute approximate surface area is 127 Å². The number of hydrogen-bond acceptors (Lipinski definition) is 4. The van der Waals surface area contributed by atoms with E-state index in [1.807, 2.05) is 0 Å². The predicted molar refractivity (Wildman–Crippen MR) is 74.3 cm³/mol. The SMILES string of the molecule is O=c1c(Br)c(NCC2CCOCC2)cnn1CC(F)(F)F. The first-order chi connectivity index (χ1) is 9.87. The summed E-state index contributed by atoms with van der Waals surface area (Å²) in [6.07, 6.45) is -1.41. The van der Waals surface area contributed by atoms with Crippen LogP contribution < -0.4 is 10.9 Å². The highest BCUT2D eigenvalue weighted by Crippen LogP contribution is 2.21. The van der Waals surface area contributed by atoms with Gasteiger partial charge in [-0.05, 0) is 34.7 Å². The fourth-order valence-electron chi connectivity index (χ4n) is 2.08. The summed E-state index contributed by atoms with van der Waals surface area (Å²) in [6.45, 7) is 0.648. The molecule has 2 heterocycles. The van der Waals surface area contributed by atoms with Gasteiger partial charge in [0.1, 0.15) is 11.0 Å². The highest BCUT2D eigenvalue weighted by Gasteiger charge is 2.29. The van der Waals surface area contributed by atoms with E-state index in [1.54, 1.807) is 0 Å². The highest BCUT2D eigenvalue weighted by molar-refractivity contribution is 9.10. The summed E-state index contributed by atoms with van der Waals surface area (Å²) in [5.41, 5.74) is -0.394. The van der Waals surface area contributed by atoms with Crippen LogP contribution in [-0.2, 0) is 11.3 Å². The van der Waals surface area contributed by atoms with Crippen LogP contribution in [0.15, 0.2) is 15.5 Å². The van der Waals surface area contributed by atoms with Gasteiger partial charge in [-0.2, -0.15) is 18.3 Å². The van der Waals surface area contributed by atoms with E-state index < -0.39 is 18.3 Å². The van der Waals surface area contributed by atoms with Crippen LogP contribution in [0.4, 0.5) is 18.9 Å². The molecular weight excluding hydrogens is 355 g/mol. The average Bonchev–Trinajstić information content (AvgIpc) is 2.43.